The minimum absolute atomic E-state index is 0.389. The molecule has 0 amide bonds. The van der Waals surface area contributed by atoms with Crippen LogP contribution in [0.2, 0.25) is 0 Å². The van der Waals surface area contributed by atoms with Gasteiger partial charge in [0.1, 0.15) is 18.4 Å². The molecule has 0 radical (unpaired) electrons. The van der Waals surface area contributed by atoms with Gasteiger partial charge in [-0.2, -0.15) is 5.26 Å². The van der Waals surface area contributed by atoms with E-state index in [2.05, 4.69) is 6.92 Å². The number of ether oxygens (including phenoxy) is 2. The molecular weight excluding hydrogens is 204 g/mol. The Morgan fingerprint density at radius 3 is 2.81 bits per heavy atom. The molecule has 86 valence electrons. The Hall–Kier alpha value is -1.73. The summed E-state index contributed by atoms with van der Waals surface area (Å²) in [5, 5.41) is 8.77. The highest BCUT2D eigenvalue weighted by Crippen LogP contribution is 2.24. The van der Waals surface area contributed by atoms with Crippen molar-refractivity contribution < 1.29 is 9.47 Å². The Balaban J connectivity index is 2.45. The first kappa shape index (κ1) is 12.3. The summed E-state index contributed by atoms with van der Waals surface area (Å²) in [6.45, 7) is 3.76. The van der Waals surface area contributed by atoms with Crippen molar-refractivity contribution in [1.29, 1.82) is 5.26 Å². The number of nitrogens with zero attached hydrogens (tertiary/aromatic N) is 1. The third-order valence-corrected chi connectivity index (χ3v) is 2.02. The van der Waals surface area contributed by atoms with Crippen LogP contribution in [0.4, 0.5) is 5.69 Å². The average Bonchev–Trinajstić information content (AvgIpc) is 2.31. The number of nitriles is 1. The van der Waals surface area contributed by atoms with Crippen LogP contribution in [0.25, 0.3) is 0 Å². The van der Waals surface area contributed by atoms with E-state index >= 15 is 0 Å². The summed E-state index contributed by atoms with van der Waals surface area (Å²) in [5.41, 5.74) is 6.57. The lowest BCUT2D eigenvalue weighted by Crippen LogP contribution is -2.08. The summed E-state index contributed by atoms with van der Waals surface area (Å²) in [6, 6.07) is 7.17. The average molecular weight is 220 g/mol. The predicted molar refractivity (Wildman–Crippen MR) is 62.2 cm³/mol. The zero-order valence-corrected chi connectivity index (χ0v) is 9.40. The SMILES string of the molecule is CCCOCCOc1cccc(C#N)c1N. The van der Waals surface area contributed by atoms with Gasteiger partial charge >= 0.3 is 0 Å². The lowest BCUT2D eigenvalue weighted by atomic mass is 10.2. The Morgan fingerprint density at radius 2 is 2.12 bits per heavy atom. The van der Waals surface area contributed by atoms with E-state index in [1.54, 1.807) is 18.2 Å². The minimum atomic E-state index is 0.389. The van der Waals surface area contributed by atoms with Gasteiger partial charge in [-0.3, -0.25) is 0 Å². The highest BCUT2D eigenvalue weighted by Gasteiger charge is 2.04. The Bertz CT molecular complexity index is 372. The second kappa shape index (κ2) is 6.70. The van der Waals surface area contributed by atoms with Gasteiger partial charge in [-0.15, -0.1) is 0 Å². The molecule has 0 bridgehead atoms. The van der Waals surface area contributed by atoms with Gasteiger partial charge in [0.2, 0.25) is 0 Å². The third kappa shape index (κ3) is 3.44. The molecule has 0 aliphatic carbocycles. The Labute approximate surface area is 95.6 Å². The predicted octanol–water partition coefficient (Wildman–Crippen LogP) is 1.95. The van der Waals surface area contributed by atoms with Crippen molar-refractivity contribution in [3.8, 4) is 11.8 Å². The largest absolute Gasteiger partial charge is 0.489 e. The molecule has 4 heteroatoms. The highest BCUT2D eigenvalue weighted by molar-refractivity contribution is 5.62. The standard InChI is InChI=1S/C12H16N2O2/c1-2-6-15-7-8-16-11-5-3-4-10(9-13)12(11)14/h3-5H,2,6-8,14H2,1H3. The van der Waals surface area contributed by atoms with Crippen molar-refractivity contribution in [2.75, 3.05) is 25.6 Å². The van der Waals surface area contributed by atoms with Gasteiger partial charge in [-0.25, -0.2) is 0 Å². The molecule has 0 fully saturated rings. The number of hydrogen-bond acceptors (Lipinski definition) is 4. The van der Waals surface area contributed by atoms with Gasteiger partial charge in [-0.05, 0) is 18.6 Å². The number of rotatable bonds is 6. The van der Waals surface area contributed by atoms with E-state index in [0.717, 1.165) is 13.0 Å². The van der Waals surface area contributed by atoms with Crippen LogP contribution >= 0.6 is 0 Å². The van der Waals surface area contributed by atoms with Crippen LogP contribution in [0, 0.1) is 11.3 Å². The van der Waals surface area contributed by atoms with Gasteiger partial charge in [0.25, 0.3) is 0 Å². The fourth-order valence-corrected chi connectivity index (χ4v) is 1.22. The van der Waals surface area contributed by atoms with Gasteiger partial charge in [0, 0.05) is 6.61 Å². The molecule has 2 N–H and O–H groups in total. The van der Waals surface area contributed by atoms with E-state index in [1.807, 2.05) is 6.07 Å². The third-order valence-electron chi connectivity index (χ3n) is 2.02. The normalized spacial score (nSPS) is 9.75. The quantitative estimate of drug-likeness (QED) is 0.587. The summed E-state index contributed by atoms with van der Waals surface area (Å²) >= 11 is 0. The van der Waals surface area contributed by atoms with E-state index in [9.17, 15) is 0 Å². The molecule has 1 aromatic rings. The topological polar surface area (TPSA) is 68.3 Å². The molecule has 0 heterocycles. The maximum atomic E-state index is 8.77. The van der Waals surface area contributed by atoms with Crippen LogP contribution in [-0.4, -0.2) is 19.8 Å². The Kier molecular flexibility index (Phi) is 5.17. The summed E-state index contributed by atoms with van der Waals surface area (Å²) in [6.07, 6.45) is 0.992. The van der Waals surface area contributed by atoms with Crippen molar-refractivity contribution in [3.05, 3.63) is 23.8 Å². The van der Waals surface area contributed by atoms with E-state index < -0.39 is 0 Å². The van der Waals surface area contributed by atoms with Gasteiger partial charge in [0.05, 0.1) is 17.9 Å². The first-order chi connectivity index (χ1) is 7.79. The first-order valence-electron chi connectivity index (χ1n) is 5.28. The van der Waals surface area contributed by atoms with Crippen LogP contribution in [0.3, 0.4) is 0 Å². The van der Waals surface area contributed by atoms with Gasteiger partial charge in [-0.1, -0.05) is 13.0 Å². The molecule has 0 aromatic heterocycles. The molecule has 4 nitrogen and oxygen atoms in total. The molecule has 0 atom stereocenters. The van der Waals surface area contributed by atoms with Crippen LogP contribution in [0.5, 0.6) is 5.75 Å². The van der Waals surface area contributed by atoms with E-state index in [0.29, 0.717) is 30.2 Å². The molecule has 0 aliphatic heterocycles. The fraction of sp³-hybridized carbons (Fsp3) is 0.417. The molecule has 0 saturated carbocycles. The van der Waals surface area contributed by atoms with Gasteiger partial charge < -0.3 is 15.2 Å². The highest BCUT2D eigenvalue weighted by atomic mass is 16.5. The second-order valence-corrected chi connectivity index (χ2v) is 3.29. The second-order valence-electron chi connectivity index (χ2n) is 3.29. The maximum Gasteiger partial charge on any atom is 0.143 e. The number of anilines is 1. The van der Waals surface area contributed by atoms with E-state index in [-0.39, 0.29) is 0 Å². The molecule has 0 aliphatic rings. The van der Waals surface area contributed by atoms with Crippen LogP contribution in [-0.2, 0) is 4.74 Å². The van der Waals surface area contributed by atoms with Crippen LogP contribution in [0.1, 0.15) is 18.9 Å². The van der Waals surface area contributed by atoms with Crippen molar-refractivity contribution in [1.82, 2.24) is 0 Å². The lowest BCUT2D eigenvalue weighted by molar-refractivity contribution is 0.101. The summed E-state index contributed by atoms with van der Waals surface area (Å²) in [4.78, 5) is 0. The monoisotopic (exact) mass is 220 g/mol. The molecule has 0 spiro atoms. The summed E-state index contributed by atoms with van der Waals surface area (Å²) in [5.74, 6) is 0.541. The minimum Gasteiger partial charge on any atom is -0.489 e. The van der Waals surface area contributed by atoms with Crippen LogP contribution in [0.15, 0.2) is 18.2 Å². The zero-order valence-electron chi connectivity index (χ0n) is 9.40. The molecule has 0 saturated heterocycles. The number of para-hydroxylation sites is 1. The first-order valence-corrected chi connectivity index (χ1v) is 5.28. The fourth-order valence-electron chi connectivity index (χ4n) is 1.22. The smallest absolute Gasteiger partial charge is 0.143 e. The summed E-state index contributed by atoms with van der Waals surface area (Å²) in [7, 11) is 0. The van der Waals surface area contributed by atoms with E-state index in [1.165, 1.54) is 0 Å². The molecule has 0 unspecified atom stereocenters. The van der Waals surface area contributed by atoms with Crippen molar-refractivity contribution in [3.63, 3.8) is 0 Å². The number of hydrogen-bond donors (Lipinski definition) is 1. The molecule has 1 aromatic carbocycles. The van der Waals surface area contributed by atoms with Crippen molar-refractivity contribution in [2.24, 2.45) is 0 Å². The number of benzene rings is 1. The molecule has 16 heavy (non-hydrogen) atoms. The molecular formula is C12H16N2O2. The molecule has 1 rings (SSSR count). The van der Waals surface area contributed by atoms with Crippen molar-refractivity contribution in [2.45, 2.75) is 13.3 Å². The lowest BCUT2D eigenvalue weighted by Gasteiger charge is -2.09. The van der Waals surface area contributed by atoms with E-state index in [4.69, 9.17) is 20.5 Å². The Morgan fingerprint density at radius 1 is 1.31 bits per heavy atom. The maximum absolute atomic E-state index is 8.77. The van der Waals surface area contributed by atoms with Gasteiger partial charge in [0.15, 0.2) is 0 Å². The zero-order chi connectivity index (χ0) is 11.8. The number of nitrogens with two attached hydrogens (primary N) is 1. The van der Waals surface area contributed by atoms with Crippen LogP contribution < -0.4 is 10.5 Å². The summed E-state index contributed by atoms with van der Waals surface area (Å²) < 4.78 is 10.7. The van der Waals surface area contributed by atoms with Crippen molar-refractivity contribution >= 4 is 5.69 Å². The number of nitrogen functional groups attached to an aromatic ring is 1.